The third-order valence-electron chi connectivity index (χ3n) is 4.77. The molecular weight excluding hydrogens is 475 g/mol. The zero-order valence-corrected chi connectivity index (χ0v) is 20.5. The van der Waals surface area contributed by atoms with Gasteiger partial charge in [-0.15, -0.1) is 0 Å². The molecule has 8 heteroatoms. The van der Waals surface area contributed by atoms with Crippen molar-refractivity contribution in [2.24, 2.45) is 5.10 Å². The van der Waals surface area contributed by atoms with Crippen molar-refractivity contribution in [3.05, 3.63) is 93.0 Å². The Morgan fingerprint density at radius 2 is 1.85 bits per heavy atom. The van der Waals surface area contributed by atoms with Gasteiger partial charge < -0.3 is 9.47 Å². The highest BCUT2D eigenvalue weighted by atomic mass is 35.5. The second kappa shape index (κ2) is 11.7. The van der Waals surface area contributed by atoms with Crippen LogP contribution >= 0.6 is 23.2 Å². The van der Waals surface area contributed by atoms with E-state index in [1.54, 1.807) is 30.3 Å². The number of carbonyl (C=O) groups is 2. The van der Waals surface area contributed by atoms with E-state index in [4.69, 9.17) is 32.7 Å². The number of halogens is 2. The zero-order chi connectivity index (χ0) is 24.7. The van der Waals surface area contributed by atoms with Crippen LogP contribution in [0.3, 0.4) is 0 Å². The average Bonchev–Trinajstić information content (AvgIpc) is 2.77. The fourth-order valence-electron chi connectivity index (χ4n) is 3.07. The van der Waals surface area contributed by atoms with E-state index in [0.29, 0.717) is 22.1 Å². The Hall–Kier alpha value is -3.35. The minimum Gasteiger partial charge on any atom is -0.483 e. The summed E-state index contributed by atoms with van der Waals surface area (Å²) in [6.45, 7) is 5.94. The molecule has 0 unspecified atom stereocenters. The number of hydrazone groups is 1. The number of rotatable bonds is 8. The second-order valence-corrected chi connectivity index (χ2v) is 8.71. The van der Waals surface area contributed by atoms with Crippen LogP contribution in [-0.2, 0) is 4.79 Å². The summed E-state index contributed by atoms with van der Waals surface area (Å²) in [5.74, 6) is 0.249. The summed E-state index contributed by atoms with van der Waals surface area (Å²) in [4.78, 5) is 24.5. The van der Waals surface area contributed by atoms with E-state index in [1.165, 1.54) is 18.3 Å². The largest absolute Gasteiger partial charge is 0.483 e. The minimum atomic E-state index is -0.613. The van der Waals surface area contributed by atoms with Gasteiger partial charge in [0, 0.05) is 5.02 Å². The van der Waals surface area contributed by atoms with Crippen LogP contribution < -0.4 is 14.9 Å². The molecule has 0 saturated carbocycles. The Morgan fingerprint density at radius 1 is 1.06 bits per heavy atom. The zero-order valence-electron chi connectivity index (χ0n) is 19.0. The molecule has 3 aromatic carbocycles. The van der Waals surface area contributed by atoms with Gasteiger partial charge in [-0.3, -0.25) is 4.79 Å². The van der Waals surface area contributed by atoms with Crippen LogP contribution in [0.15, 0.2) is 65.8 Å². The Balaban J connectivity index is 1.56. The van der Waals surface area contributed by atoms with Crippen molar-refractivity contribution in [2.75, 3.05) is 6.61 Å². The number of hydrogen-bond donors (Lipinski definition) is 1. The summed E-state index contributed by atoms with van der Waals surface area (Å²) in [6.07, 6.45) is 1.44. The average molecular weight is 499 g/mol. The Morgan fingerprint density at radius 3 is 2.59 bits per heavy atom. The maximum Gasteiger partial charge on any atom is 0.345 e. The molecular formula is C26H24Cl2N2O4. The maximum atomic E-state index is 12.4. The van der Waals surface area contributed by atoms with Gasteiger partial charge in [0.05, 0.1) is 16.8 Å². The Labute approximate surface area is 208 Å². The van der Waals surface area contributed by atoms with Crippen LogP contribution in [-0.4, -0.2) is 24.7 Å². The standard InChI is InChI=1S/C26H24Cl2N2O4/c1-16(2)21-9-7-17(3)11-24(21)33-15-25(31)30-29-14-18-5-4-6-20(12-18)34-26(32)22-10-8-19(27)13-23(22)28/h4-14,16H,15H2,1-3H3,(H,30,31)/b29-14+. The molecule has 1 amide bonds. The van der Waals surface area contributed by atoms with E-state index in [9.17, 15) is 9.59 Å². The van der Waals surface area contributed by atoms with Crippen LogP contribution in [0.1, 0.15) is 46.8 Å². The molecule has 0 atom stereocenters. The maximum absolute atomic E-state index is 12.4. The number of amides is 1. The predicted octanol–water partition coefficient (Wildman–Crippen LogP) is 6.17. The summed E-state index contributed by atoms with van der Waals surface area (Å²) < 4.78 is 11.1. The molecule has 0 aromatic heterocycles. The van der Waals surface area contributed by atoms with Crippen LogP contribution in [0.25, 0.3) is 0 Å². The SMILES string of the molecule is Cc1ccc(C(C)C)c(OCC(=O)N/N=C/c2cccc(OC(=O)c3ccc(Cl)cc3Cl)c2)c1. The van der Waals surface area contributed by atoms with Crippen molar-refractivity contribution in [2.45, 2.75) is 26.7 Å². The van der Waals surface area contributed by atoms with E-state index < -0.39 is 11.9 Å². The van der Waals surface area contributed by atoms with Gasteiger partial charge in [0.1, 0.15) is 11.5 Å². The molecule has 34 heavy (non-hydrogen) atoms. The molecule has 0 aliphatic rings. The van der Waals surface area contributed by atoms with Crippen LogP contribution in [0.5, 0.6) is 11.5 Å². The number of nitrogens with one attached hydrogen (secondary N) is 1. The third-order valence-corrected chi connectivity index (χ3v) is 5.32. The number of nitrogens with zero attached hydrogens (tertiary/aromatic N) is 1. The monoisotopic (exact) mass is 498 g/mol. The predicted molar refractivity (Wildman–Crippen MR) is 134 cm³/mol. The Bertz CT molecular complexity index is 1230. The van der Waals surface area contributed by atoms with E-state index in [0.717, 1.165) is 11.1 Å². The normalized spacial score (nSPS) is 11.0. The molecule has 0 aliphatic heterocycles. The van der Waals surface area contributed by atoms with Gasteiger partial charge in [-0.2, -0.15) is 5.10 Å². The highest BCUT2D eigenvalue weighted by Gasteiger charge is 2.13. The summed E-state index contributed by atoms with van der Waals surface area (Å²) in [5.41, 5.74) is 5.34. The van der Waals surface area contributed by atoms with Gasteiger partial charge >= 0.3 is 5.97 Å². The first-order valence-corrected chi connectivity index (χ1v) is 11.3. The van der Waals surface area contributed by atoms with Crippen LogP contribution in [0.4, 0.5) is 0 Å². The molecule has 3 aromatic rings. The van der Waals surface area contributed by atoms with Crippen molar-refractivity contribution in [1.82, 2.24) is 5.43 Å². The number of carbonyl (C=O) groups excluding carboxylic acids is 2. The van der Waals surface area contributed by atoms with Crippen molar-refractivity contribution >= 4 is 41.3 Å². The molecule has 0 bridgehead atoms. The van der Waals surface area contributed by atoms with Gasteiger partial charge in [-0.1, -0.05) is 61.3 Å². The first kappa shape index (κ1) is 25.3. The van der Waals surface area contributed by atoms with Gasteiger partial charge in [0.25, 0.3) is 5.91 Å². The highest BCUT2D eigenvalue weighted by Crippen LogP contribution is 2.27. The number of esters is 1. The summed E-state index contributed by atoms with van der Waals surface area (Å²) in [5, 5.41) is 4.57. The van der Waals surface area contributed by atoms with Crippen molar-refractivity contribution < 1.29 is 19.1 Å². The quantitative estimate of drug-likeness (QED) is 0.174. The van der Waals surface area contributed by atoms with Crippen molar-refractivity contribution in [1.29, 1.82) is 0 Å². The summed E-state index contributed by atoms with van der Waals surface area (Å²) in [6, 6.07) is 17.1. The van der Waals surface area contributed by atoms with E-state index >= 15 is 0 Å². The number of ether oxygens (including phenoxy) is 2. The second-order valence-electron chi connectivity index (χ2n) is 7.86. The third kappa shape index (κ3) is 7.07. The smallest absolute Gasteiger partial charge is 0.345 e. The lowest BCUT2D eigenvalue weighted by Gasteiger charge is -2.14. The highest BCUT2D eigenvalue weighted by molar-refractivity contribution is 6.36. The molecule has 3 rings (SSSR count). The van der Waals surface area contributed by atoms with Crippen LogP contribution in [0, 0.1) is 6.92 Å². The minimum absolute atomic E-state index is 0.167. The topological polar surface area (TPSA) is 77.0 Å². The Kier molecular flexibility index (Phi) is 8.68. The lowest BCUT2D eigenvalue weighted by molar-refractivity contribution is -0.123. The molecule has 0 saturated heterocycles. The molecule has 0 spiro atoms. The number of benzene rings is 3. The molecule has 0 aliphatic carbocycles. The molecule has 1 N–H and O–H groups in total. The van der Waals surface area contributed by atoms with Gasteiger partial charge in [-0.25, -0.2) is 10.2 Å². The molecule has 6 nitrogen and oxygen atoms in total. The lowest BCUT2D eigenvalue weighted by Crippen LogP contribution is -2.25. The van der Waals surface area contributed by atoms with Gasteiger partial charge in [-0.05, 0) is 65.9 Å². The van der Waals surface area contributed by atoms with E-state index in [-0.39, 0.29) is 23.1 Å². The molecule has 0 heterocycles. The van der Waals surface area contributed by atoms with E-state index in [2.05, 4.69) is 24.4 Å². The van der Waals surface area contributed by atoms with E-state index in [1.807, 2.05) is 25.1 Å². The number of aryl methyl sites for hydroxylation is 1. The van der Waals surface area contributed by atoms with Gasteiger partial charge in [0.15, 0.2) is 6.61 Å². The fraction of sp³-hybridized carbons (Fsp3) is 0.192. The first-order chi connectivity index (χ1) is 16.2. The molecule has 0 radical (unpaired) electrons. The summed E-state index contributed by atoms with van der Waals surface area (Å²) >= 11 is 11.9. The molecule has 0 fully saturated rings. The first-order valence-electron chi connectivity index (χ1n) is 10.6. The van der Waals surface area contributed by atoms with Crippen molar-refractivity contribution in [3.63, 3.8) is 0 Å². The fourth-order valence-corrected chi connectivity index (χ4v) is 3.56. The van der Waals surface area contributed by atoms with Crippen molar-refractivity contribution in [3.8, 4) is 11.5 Å². The summed E-state index contributed by atoms with van der Waals surface area (Å²) in [7, 11) is 0. The number of hydrogen-bond acceptors (Lipinski definition) is 5. The molecule has 176 valence electrons. The van der Waals surface area contributed by atoms with Gasteiger partial charge in [0.2, 0.25) is 0 Å². The lowest BCUT2D eigenvalue weighted by atomic mass is 10.0. The van der Waals surface area contributed by atoms with Crippen LogP contribution in [0.2, 0.25) is 10.0 Å².